The third kappa shape index (κ3) is 4.06. The van der Waals surface area contributed by atoms with Crippen molar-refractivity contribution in [2.24, 2.45) is 0 Å². The van der Waals surface area contributed by atoms with Crippen LogP contribution in [0.2, 0.25) is 0 Å². The van der Waals surface area contributed by atoms with Gasteiger partial charge >= 0.3 is 0 Å². The number of hydrogen-bond acceptors (Lipinski definition) is 4. The van der Waals surface area contributed by atoms with Gasteiger partial charge in [0.05, 0.1) is 6.42 Å². The van der Waals surface area contributed by atoms with Crippen LogP contribution in [-0.2, 0) is 11.2 Å². The van der Waals surface area contributed by atoms with Gasteiger partial charge in [0.2, 0.25) is 5.91 Å². The van der Waals surface area contributed by atoms with Crippen LogP contribution in [0.1, 0.15) is 16.7 Å². The molecule has 1 aromatic carbocycles. The molecule has 0 saturated heterocycles. The Bertz CT molecular complexity index is 928. The lowest BCUT2D eigenvalue weighted by Gasteiger charge is -2.09. The van der Waals surface area contributed by atoms with E-state index in [1.165, 1.54) is 0 Å². The molecule has 0 aliphatic heterocycles. The third-order valence-corrected chi connectivity index (χ3v) is 3.61. The van der Waals surface area contributed by atoms with Crippen molar-refractivity contribution in [1.29, 1.82) is 0 Å². The zero-order valence-corrected chi connectivity index (χ0v) is 13.7. The summed E-state index contributed by atoms with van der Waals surface area (Å²) in [6, 6.07) is 12.8. The number of benzene rings is 1. The lowest BCUT2D eigenvalue weighted by atomic mass is 10.1. The lowest BCUT2D eigenvalue weighted by Crippen LogP contribution is -2.16. The highest BCUT2D eigenvalue weighted by Crippen LogP contribution is 2.17. The molecular weight excluding hydrogens is 312 g/mol. The van der Waals surface area contributed by atoms with Crippen LogP contribution in [-0.4, -0.2) is 20.9 Å². The molecule has 0 unspecified atom stereocenters. The summed E-state index contributed by atoms with van der Waals surface area (Å²) < 4.78 is 0. The Kier molecular flexibility index (Phi) is 4.82. The molecule has 5 nitrogen and oxygen atoms in total. The van der Waals surface area contributed by atoms with Crippen LogP contribution in [0.3, 0.4) is 0 Å². The maximum absolute atomic E-state index is 12.3. The van der Waals surface area contributed by atoms with Gasteiger partial charge in [-0.25, -0.2) is 9.97 Å². The van der Waals surface area contributed by atoms with Gasteiger partial charge in [-0.3, -0.25) is 9.78 Å². The molecule has 3 aromatic rings. The first-order valence-corrected chi connectivity index (χ1v) is 7.76. The number of nitrogens with one attached hydrogen (secondary N) is 1. The average molecular weight is 328 g/mol. The first kappa shape index (κ1) is 16.3. The molecule has 1 N–H and O–H groups in total. The molecule has 3 rings (SSSR count). The second kappa shape index (κ2) is 7.37. The SMILES string of the molecule is C#Cc1ccc(CC(=O)Nc2nc(-c3ccccn3)ncc2C)cc1. The summed E-state index contributed by atoms with van der Waals surface area (Å²) in [6.07, 6.45) is 8.93. The van der Waals surface area contributed by atoms with E-state index < -0.39 is 0 Å². The van der Waals surface area contributed by atoms with Crippen molar-refractivity contribution >= 4 is 11.7 Å². The van der Waals surface area contributed by atoms with Crippen LogP contribution in [0.5, 0.6) is 0 Å². The lowest BCUT2D eigenvalue weighted by molar-refractivity contribution is -0.115. The predicted molar refractivity (Wildman–Crippen MR) is 96.7 cm³/mol. The smallest absolute Gasteiger partial charge is 0.229 e. The minimum Gasteiger partial charge on any atom is -0.310 e. The Labute approximate surface area is 146 Å². The number of hydrogen-bond donors (Lipinski definition) is 1. The zero-order chi connectivity index (χ0) is 17.6. The number of rotatable bonds is 4. The van der Waals surface area contributed by atoms with Gasteiger partial charge in [-0.15, -0.1) is 6.42 Å². The number of pyridine rings is 1. The normalized spacial score (nSPS) is 10.1. The van der Waals surface area contributed by atoms with Crippen LogP contribution in [0.4, 0.5) is 5.82 Å². The Hall–Kier alpha value is -3.52. The van der Waals surface area contributed by atoms with Gasteiger partial charge in [-0.2, -0.15) is 0 Å². The van der Waals surface area contributed by atoms with E-state index in [1.54, 1.807) is 12.4 Å². The Morgan fingerprint density at radius 1 is 1.16 bits per heavy atom. The van der Waals surface area contributed by atoms with Crippen molar-refractivity contribution in [2.45, 2.75) is 13.3 Å². The minimum absolute atomic E-state index is 0.151. The first-order valence-electron chi connectivity index (χ1n) is 7.76. The molecule has 0 spiro atoms. The molecule has 2 heterocycles. The van der Waals surface area contributed by atoms with E-state index in [9.17, 15) is 4.79 Å². The first-order chi connectivity index (χ1) is 12.2. The van der Waals surface area contributed by atoms with Crippen molar-refractivity contribution in [2.75, 3.05) is 5.32 Å². The van der Waals surface area contributed by atoms with Gasteiger partial charge in [-0.05, 0) is 36.8 Å². The summed E-state index contributed by atoms with van der Waals surface area (Å²) in [6.45, 7) is 1.85. The summed E-state index contributed by atoms with van der Waals surface area (Å²) >= 11 is 0. The maximum atomic E-state index is 12.3. The summed E-state index contributed by atoms with van der Waals surface area (Å²) in [5.74, 6) is 3.36. The molecule has 0 aliphatic rings. The van der Waals surface area contributed by atoms with Crippen molar-refractivity contribution in [3.05, 3.63) is 71.5 Å². The quantitative estimate of drug-likeness (QED) is 0.748. The number of anilines is 1. The molecule has 0 fully saturated rings. The van der Waals surface area contributed by atoms with Gasteiger partial charge in [0, 0.05) is 23.5 Å². The number of carbonyl (C=O) groups is 1. The van der Waals surface area contributed by atoms with E-state index in [4.69, 9.17) is 6.42 Å². The van der Waals surface area contributed by atoms with Crippen molar-refractivity contribution in [3.8, 4) is 23.9 Å². The highest BCUT2D eigenvalue weighted by Gasteiger charge is 2.10. The summed E-state index contributed by atoms with van der Waals surface area (Å²) in [5, 5.41) is 2.84. The fraction of sp³-hybridized carbons (Fsp3) is 0.100. The van der Waals surface area contributed by atoms with Crippen molar-refractivity contribution in [1.82, 2.24) is 15.0 Å². The Morgan fingerprint density at radius 3 is 2.64 bits per heavy atom. The summed E-state index contributed by atoms with van der Waals surface area (Å²) in [7, 11) is 0. The van der Waals surface area contributed by atoms with Crippen LogP contribution < -0.4 is 5.32 Å². The van der Waals surface area contributed by atoms with E-state index in [0.717, 1.165) is 16.7 Å². The van der Waals surface area contributed by atoms with E-state index in [-0.39, 0.29) is 12.3 Å². The van der Waals surface area contributed by atoms with Crippen molar-refractivity contribution < 1.29 is 4.79 Å². The zero-order valence-electron chi connectivity index (χ0n) is 13.7. The fourth-order valence-electron chi connectivity index (χ4n) is 2.27. The average Bonchev–Trinajstić information content (AvgIpc) is 2.65. The summed E-state index contributed by atoms with van der Waals surface area (Å²) in [4.78, 5) is 25.2. The molecule has 1 amide bonds. The molecule has 0 bridgehead atoms. The Morgan fingerprint density at radius 2 is 1.96 bits per heavy atom. The summed E-state index contributed by atoms with van der Waals surface area (Å²) in [5.41, 5.74) is 3.11. The number of carbonyl (C=O) groups excluding carboxylic acids is 1. The second-order valence-corrected chi connectivity index (χ2v) is 5.51. The predicted octanol–water partition coefficient (Wildman–Crippen LogP) is 3.01. The fourth-order valence-corrected chi connectivity index (χ4v) is 2.27. The number of amides is 1. The molecule has 5 heteroatoms. The molecule has 122 valence electrons. The van der Waals surface area contributed by atoms with Crippen LogP contribution in [0.25, 0.3) is 11.5 Å². The molecule has 0 aliphatic carbocycles. The van der Waals surface area contributed by atoms with Gasteiger partial charge < -0.3 is 5.32 Å². The van der Waals surface area contributed by atoms with Gasteiger partial charge in [0.25, 0.3) is 0 Å². The Balaban J connectivity index is 1.75. The van der Waals surface area contributed by atoms with Crippen molar-refractivity contribution in [3.63, 3.8) is 0 Å². The highest BCUT2D eigenvalue weighted by molar-refractivity contribution is 5.92. The topological polar surface area (TPSA) is 67.8 Å². The maximum Gasteiger partial charge on any atom is 0.229 e. The number of aromatic nitrogens is 3. The molecule has 0 radical (unpaired) electrons. The number of nitrogens with zero attached hydrogens (tertiary/aromatic N) is 3. The van der Waals surface area contributed by atoms with Gasteiger partial charge in [-0.1, -0.05) is 24.1 Å². The van der Waals surface area contributed by atoms with Gasteiger partial charge in [0.1, 0.15) is 11.5 Å². The van der Waals surface area contributed by atoms with E-state index in [1.807, 2.05) is 49.4 Å². The molecule has 0 atom stereocenters. The third-order valence-electron chi connectivity index (χ3n) is 3.61. The van der Waals surface area contributed by atoms with Crippen LogP contribution in [0, 0.1) is 19.3 Å². The molecule has 0 saturated carbocycles. The van der Waals surface area contributed by atoms with E-state index in [0.29, 0.717) is 17.3 Å². The van der Waals surface area contributed by atoms with E-state index >= 15 is 0 Å². The molecule has 2 aromatic heterocycles. The molecular formula is C20H16N4O. The monoisotopic (exact) mass is 328 g/mol. The second-order valence-electron chi connectivity index (χ2n) is 5.51. The van der Waals surface area contributed by atoms with Crippen LogP contribution >= 0.6 is 0 Å². The number of aryl methyl sites for hydroxylation is 1. The molecule has 25 heavy (non-hydrogen) atoms. The largest absolute Gasteiger partial charge is 0.310 e. The standard InChI is InChI=1S/C20H16N4O/c1-3-15-7-9-16(10-8-15)12-18(25)23-19-14(2)13-22-20(24-19)17-6-4-5-11-21-17/h1,4-11,13H,12H2,2H3,(H,22,23,24,25). The van der Waals surface area contributed by atoms with Crippen LogP contribution in [0.15, 0.2) is 54.9 Å². The minimum atomic E-state index is -0.151. The van der Waals surface area contributed by atoms with Gasteiger partial charge in [0.15, 0.2) is 5.82 Å². The number of terminal acetylenes is 1. The highest BCUT2D eigenvalue weighted by atomic mass is 16.1. The van der Waals surface area contributed by atoms with E-state index in [2.05, 4.69) is 26.2 Å².